The van der Waals surface area contributed by atoms with E-state index in [1.54, 1.807) is 26.5 Å². The Morgan fingerprint density at radius 1 is 1.19 bits per heavy atom. The van der Waals surface area contributed by atoms with Crippen LogP contribution in [-0.4, -0.2) is 30.7 Å². The van der Waals surface area contributed by atoms with E-state index >= 15 is 0 Å². The molecule has 1 heterocycles. The van der Waals surface area contributed by atoms with Gasteiger partial charge in [-0.1, -0.05) is 6.07 Å². The molecule has 6 nitrogen and oxygen atoms in total. The number of benzene rings is 1. The Labute approximate surface area is 123 Å². The maximum atomic E-state index is 8.78. The van der Waals surface area contributed by atoms with Gasteiger partial charge in [0.15, 0.2) is 11.5 Å². The van der Waals surface area contributed by atoms with Crippen LogP contribution in [0.3, 0.4) is 0 Å². The van der Waals surface area contributed by atoms with E-state index in [0.717, 1.165) is 12.0 Å². The fraction of sp³-hybridized carbons (Fsp3) is 0.267. The van der Waals surface area contributed by atoms with E-state index in [2.05, 4.69) is 15.3 Å². The minimum Gasteiger partial charge on any atom is -0.493 e. The summed E-state index contributed by atoms with van der Waals surface area (Å²) in [6.45, 7) is 0.657. The second-order valence-electron chi connectivity index (χ2n) is 4.24. The number of nitrogens with zero attached hydrogens (tertiary/aromatic N) is 3. The molecule has 6 heteroatoms. The Morgan fingerprint density at radius 3 is 2.71 bits per heavy atom. The van der Waals surface area contributed by atoms with Crippen molar-refractivity contribution in [2.45, 2.75) is 6.42 Å². The summed E-state index contributed by atoms with van der Waals surface area (Å²) in [6, 6.07) is 9.35. The minimum atomic E-state index is 0.346. The number of hydrogen-bond donors (Lipinski definition) is 1. The number of aromatic nitrogens is 2. The van der Waals surface area contributed by atoms with Crippen LogP contribution in [0.15, 0.2) is 30.5 Å². The highest BCUT2D eigenvalue weighted by Gasteiger charge is 2.04. The summed E-state index contributed by atoms with van der Waals surface area (Å²) in [4.78, 5) is 8.12. The van der Waals surface area contributed by atoms with Gasteiger partial charge in [-0.25, -0.2) is 9.97 Å². The van der Waals surface area contributed by atoms with Crippen LogP contribution in [0.4, 0.5) is 5.95 Å². The van der Waals surface area contributed by atoms with Crippen LogP contribution in [0, 0.1) is 11.3 Å². The van der Waals surface area contributed by atoms with Crippen molar-refractivity contribution in [2.24, 2.45) is 0 Å². The molecular weight excluding hydrogens is 268 g/mol. The first-order valence-corrected chi connectivity index (χ1v) is 6.44. The highest BCUT2D eigenvalue weighted by atomic mass is 16.5. The highest BCUT2D eigenvalue weighted by Crippen LogP contribution is 2.27. The van der Waals surface area contributed by atoms with Crippen LogP contribution in [0.5, 0.6) is 11.5 Å². The van der Waals surface area contributed by atoms with E-state index in [1.165, 1.54) is 0 Å². The molecule has 0 aliphatic heterocycles. The van der Waals surface area contributed by atoms with Crippen molar-refractivity contribution in [3.05, 3.63) is 41.7 Å². The lowest BCUT2D eigenvalue weighted by Gasteiger charge is -2.10. The van der Waals surface area contributed by atoms with Gasteiger partial charge in [0.1, 0.15) is 11.8 Å². The predicted molar refractivity (Wildman–Crippen MR) is 78.5 cm³/mol. The molecule has 0 bridgehead atoms. The summed E-state index contributed by atoms with van der Waals surface area (Å²) in [7, 11) is 3.22. The summed E-state index contributed by atoms with van der Waals surface area (Å²) in [5, 5.41) is 11.9. The van der Waals surface area contributed by atoms with Gasteiger partial charge < -0.3 is 14.8 Å². The van der Waals surface area contributed by atoms with Crippen molar-refractivity contribution in [2.75, 3.05) is 26.1 Å². The minimum absolute atomic E-state index is 0.346. The fourth-order valence-corrected chi connectivity index (χ4v) is 1.86. The second kappa shape index (κ2) is 7.10. The lowest BCUT2D eigenvalue weighted by atomic mass is 10.1. The Bertz CT molecular complexity index is 652. The number of hydrogen-bond acceptors (Lipinski definition) is 6. The third kappa shape index (κ3) is 3.83. The molecular formula is C15H16N4O2. The first-order chi connectivity index (χ1) is 10.3. The fourth-order valence-electron chi connectivity index (χ4n) is 1.86. The topological polar surface area (TPSA) is 80.1 Å². The highest BCUT2D eigenvalue weighted by molar-refractivity contribution is 5.43. The summed E-state index contributed by atoms with van der Waals surface area (Å²) >= 11 is 0. The van der Waals surface area contributed by atoms with Gasteiger partial charge in [0.05, 0.1) is 14.2 Å². The van der Waals surface area contributed by atoms with Crippen LogP contribution >= 0.6 is 0 Å². The third-order valence-electron chi connectivity index (χ3n) is 2.91. The van der Waals surface area contributed by atoms with Gasteiger partial charge in [-0.15, -0.1) is 0 Å². The molecule has 1 aromatic heterocycles. The average Bonchev–Trinajstić information content (AvgIpc) is 2.55. The van der Waals surface area contributed by atoms with E-state index in [4.69, 9.17) is 14.7 Å². The lowest BCUT2D eigenvalue weighted by Crippen LogP contribution is -2.08. The number of anilines is 1. The van der Waals surface area contributed by atoms with Gasteiger partial charge in [-0.05, 0) is 30.2 Å². The number of ether oxygens (including phenoxy) is 2. The molecule has 0 radical (unpaired) electrons. The quantitative estimate of drug-likeness (QED) is 0.874. The molecule has 108 valence electrons. The van der Waals surface area contributed by atoms with Gasteiger partial charge in [-0.2, -0.15) is 5.26 Å². The van der Waals surface area contributed by atoms with Crippen LogP contribution in [0.25, 0.3) is 0 Å². The van der Waals surface area contributed by atoms with Crippen LogP contribution in [0.1, 0.15) is 11.3 Å². The maximum Gasteiger partial charge on any atom is 0.223 e. The summed E-state index contributed by atoms with van der Waals surface area (Å²) in [5.41, 5.74) is 1.45. The van der Waals surface area contributed by atoms with Crippen LogP contribution in [0.2, 0.25) is 0 Å². The molecule has 0 aliphatic carbocycles. The van der Waals surface area contributed by atoms with Crippen LogP contribution < -0.4 is 14.8 Å². The normalized spacial score (nSPS) is 9.76. The first-order valence-electron chi connectivity index (χ1n) is 6.44. The number of methoxy groups -OCH3 is 2. The molecule has 2 aromatic rings. The summed E-state index contributed by atoms with van der Waals surface area (Å²) < 4.78 is 10.5. The molecule has 1 aromatic carbocycles. The van der Waals surface area contributed by atoms with E-state index in [9.17, 15) is 0 Å². The molecule has 0 unspecified atom stereocenters. The molecule has 2 rings (SSSR count). The van der Waals surface area contributed by atoms with Crippen molar-refractivity contribution in [3.63, 3.8) is 0 Å². The Hall–Kier alpha value is -2.81. The van der Waals surface area contributed by atoms with Gasteiger partial charge in [0.25, 0.3) is 0 Å². The Kier molecular flexibility index (Phi) is 4.94. The average molecular weight is 284 g/mol. The smallest absolute Gasteiger partial charge is 0.223 e. The number of nitrogens with one attached hydrogen (secondary N) is 1. The predicted octanol–water partition coefficient (Wildman–Crippen LogP) is 2.02. The number of nitriles is 1. The molecule has 0 amide bonds. The zero-order chi connectivity index (χ0) is 15.1. The standard InChI is InChI=1S/C15H16N4O2/c1-20-13-4-3-11(9-14(13)21-2)5-7-17-15-18-8-6-12(10-16)19-15/h3-4,6,8-9H,5,7H2,1-2H3,(H,17,18,19). The van der Waals surface area contributed by atoms with Crippen LogP contribution in [-0.2, 0) is 6.42 Å². The molecule has 0 saturated carbocycles. The van der Waals surface area contributed by atoms with Gasteiger partial charge in [0.2, 0.25) is 5.95 Å². The van der Waals surface area contributed by atoms with Crippen molar-refractivity contribution < 1.29 is 9.47 Å². The van der Waals surface area contributed by atoms with Gasteiger partial charge in [-0.3, -0.25) is 0 Å². The maximum absolute atomic E-state index is 8.78. The van der Waals surface area contributed by atoms with E-state index < -0.39 is 0 Å². The lowest BCUT2D eigenvalue weighted by molar-refractivity contribution is 0.354. The second-order valence-corrected chi connectivity index (χ2v) is 4.24. The first kappa shape index (κ1) is 14.6. The van der Waals surface area contributed by atoms with E-state index in [-0.39, 0.29) is 0 Å². The monoisotopic (exact) mass is 284 g/mol. The zero-order valence-electron chi connectivity index (χ0n) is 12.0. The van der Waals surface area contributed by atoms with E-state index in [0.29, 0.717) is 29.7 Å². The molecule has 0 fully saturated rings. The molecule has 0 spiro atoms. The van der Waals surface area contributed by atoms with Gasteiger partial charge >= 0.3 is 0 Å². The van der Waals surface area contributed by atoms with Crippen molar-refractivity contribution in [3.8, 4) is 17.6 Å². The van der Waals surface area contributed by atoms with E-state index in [1.807, 2.05) is 24.3 Å². The zero-order valence-corrected chi connectivity index (χ0v) is 12.0. The summed E-state index contributed by atoms with van der Waals surface area (Å²) in [6.07, 6.45) is 2.34. The third-order valence-corrected chi connectivity index (χ3v) is 2.91. The molecule has 0 saturated heterocycles. The molecule has 1 N–H and O–H groups in total. The Morgan fingerprint density at radius 2 is 2.00 bits per heavy atom. The van der Waals surface area contributed by atoms with Crippen molar-refractivity contribution in [1.82, 2.24) is 9.97 Å². The SMILES string of the molecule is COc1ccc(CCNc2nccc(C#N)n2)cc1OC. The molecule has 21 heavy (non-hydrogen) atoms. The van der Waals surface area contributed by atoms with Gasteiger partial charge in [0, 0.05) is 12.7 Å². The largest absolute Gasteiger partial charge is 0.493 e. The van der Waals surface area contributed by atoms with Crippen molar-refractivity contribution in [1.29, 1.82) is 5.26 Å². The van der Waals surface area contributed by atoms with Crippen molar-refractivity contribution >= 4 is 5.95 Å². The molecule has 0 atom stereocenters. The molecule has 0 aliphatic rings. The number of rotatable bonds is 6. The Balaban J connectivity index is 1.95. The summed E-state index contributed by atoms with van der Waals surface area (Å²) in [5.74, 6) is 1.87.